The van der Waals surface area contributed by atoms with Gasteiger partial charge in [0.15, 0.2) is 0 Å². The summed E-state index contributed by atoms with van der Waals surface area (Å²) in [6.45, 7) is 6.23. The average Bonchev–Trinajstić information content (AvgIpc) is 2.51. The highest BCUT2D eigenvalue weighted by Crippen LogP contribution is 2.31. The zero-order chi connectivity index (χ0) is 12.8. The number of fused-ring (bicyclic) bond motifs is 1. The molecular formula is C12H14N2O2S. The van der Waals surface area contributed by atoms with Crippen molar-refractivity contribution in [3.05, 3.63) is 34.4 Å². The first kappa shape index (κ1) is 12.0. The highest BCUT2D eigenvalue weighted by atomic mass is 32.1. The maximum atomic E-state index is 10.7. The second kappa shape index (κ2) is 3.77. The fourth-order valence-corrected chi connectivity index (χ4v) is 2.55. The molecular weight excluding hydrogens is 236 g/mol. The molecule has 0 aliphatic carbocycles. The van der Waals surface area contributed by atoms with E-state index in [0.717, 1.165) is 15.9 Å². The molecule has 0 bridgehead atoms. The minimum Gasteiger partial charge on any atom is -0.331 e. The molecule has 0 radical (unpaired) electrons. The van der Waals surface area contributed by atoms with Gasteiger partial charge in [0.05, 0.1) is 9.95 Å². The van der Waals surface area contributed by atoms with Crippen LogP contribution in [0.3, 0.4) is 0 Å². The number of nitro benzene ring substituents is 1. The van der Waals surface area contributed by atoms with Crippen LogP contribution in [0.5, 0.6) is 0 Å². The van der Waals surface area contributed by atoms with Gasteiger partial charge in [0.1, 0.15) is 0 Å². The molecule has 17 heavy (non-hydrogen) atoms. The molecule has 0 saturated heterocycles. The lowest BCUT2D eigenvalue weighted by atomic mass is 10.1. The molecule has 0 fully saturated rings. The third-order valence-corrected chi connectivity index (χ3v) is 2.98. The van der Waals surface area contributed by atoms with Crippen LogP contribution < -0.4 is 0 Å². The molecule has 0 aliphatic heterocycles. The van der Waals surface area contributed by atoms with Crippen LogP contribution in [0.4, 0.5) is 5.69 Å². The highest BCUT2D eigenvalue weighted by Gasteiger charge is 2.19. The Morgan fingerprint density at radius 3 is 2.47 bits per heavy atom. The fraction of sp³-hybridized carbons (Fsp3) is 0.333. The Morgan fingerprint density at radius 2 is 1.94 bits per heavy atom. The SMILES string of the molecule is CC(C)(C)n1c(S)cc2cc([N+](=O)[O-])ccc21. The van der Waals surface area contributed by atoms with E-state index in [1.165, 1.54) is 6.07 Å². The number of hydrogen-bond acceptors (Lipinski definition) is 3. The first-order valence-corrected chi connectivity index (χ1v) is 5.75. The molecule has 0 atom stereocenters. The lowest BCUT2D eigenvalue weighted by molar-refractivity contribution is -0.384. The van der Waals surface area contributed by atoms with E-state index in [1.54, 1.807) is 12.1 Å². The second-order valence-electron chi connectivity index (χ2n) is 5.01. The molecule has 2 aromatic rings. The molecule has 90 valence electrons. The molecule has 1 aromatic heterocycles. The van der Waals surface area contributed by atoms with Crippen LogP contribution in [0.1, 0.15) is 20.8 Å². The van der Waals surface area contributed by atoms with E-state index in [1.807, 2.05) is 6.07 Å². The Kier molecular flexibility index (Phi) is 2.66. The minimum atomic E-state index is -0.383. The average molecular weight is 250 g/mol. The molecule has 0 N–H and O–H groups in total. The van der Waals surface area contributed by atoms with Crippen molar-refractivity contribution in [3.63, 3.8) is 0 Å². The van der Waals surface area contributed by atoms with Gasteiger partial charge >= 0.3 is 0 Å². The normalized spacial score (nSPS) is 12.0. The van der Waals surface area contributed by atoms with Gasteiger partial charge in [-0.3, -0.25) is 10.1 Å². The second-order valence-corrected chi connectivity index (χ2v) is 5.47. The van der Waals surface area contributed by atoms with E-state index in [4.69, 9.17) is 0 Å². The number of nitro groups is 1. The predicted octanol–water partition coefficient (Wildman–Crippen LogP) is 3.59. The predicted molar refractivity (Wildman–Crippen MR) is 70.8 cm³/mol. The molecule has 2 rings (SSSR count). The van der Waals surface area contributed by atoms with Crippen LogP contribution in [0.25, 0.3) is 10.9 Å². The Hall–Kier alpha value is -1.49. The summed E-state index contributed by atoms with van der Waals surface area (Å²) in [4.78, 5) is 10.3. The smallest absolute Gasteiger partial charge is 0.270 e. The zero-order valence-corrected chi connectivity index (χ0v) is 10.9. The van der Waals surface area contributed by atoms with E-state index < -0.39 is 0 Å². The quantitative estimate of drug-likeness (QED) is 0.477. The lowest BCUT2D eigenvalue weighted by Gasteiger charge is -2.24. The summed E-state index contributed by atoms with van der Waals surface area (Å²) in [5.74, 6) is 0. The van der Waals surface area contributed by atoms with Crippen LogP contribution in [0, 0.1) is 10.1 Å². The maximum absolute atomic E-state index is 10.7. The minimum absolute atomic E-state index is 0.102. The third-order valence-electron chi connectivity index (χ3n) is 2.65. The van der Waals surface area contributed by atoms with Crippen LogP contribution in [-0.4, -0.2) is 9.49 Å². The van der Waals surface area contributed by atoms with Crippen molar-refractivity contribution in [3.8, 4) is 0 Å². The number of thiol groups is 1. The van der Waals surface area contributed by atoms with E-state index in [9.17, 15) is 10.1 Å². The first-order valence-electron chi connectivity index (χ1n) is 5.30. The van der Waals surface area contributed by atoms with E-state index >= 15 is 0 Å². The molecule has 0 unspecified atom stereocenters. The Labute approximate surface area is 105 Å². The van der Waals surface area contributed by atoms with Crippen molar-refractivity contribution >= 4 is 29.2 Å². The van der Waals surface area contributed by atoms with Crippen LogP contribution >= 0.6 is 12.6 Å². The van der Waals surface area contributed by atoms with Gasteiger partial charge in [0.2, 0.25) is 0 Å². The van der Waals surface area contributed by atoms with E-state index in [-0.39, 0.29) is 16.1 Å². The summed E-state index contributed by atoms with van der Waals surface area (Å²) in [6.07, 6.45) is 0. The van der Waals surface area contributed by atoms with Gasteiger partial charge in [-0.1, -0.05) is 0 Å². The molecule has 0 aliphatic rings. The van der Waals surface area contributed by atoms with Crippen molar-refractivity contribution in [2.24, 2.45) is 0 Å². The molecule has 0 spiro atoms. The van der Waals surface area contributed by atoms with Crippen LogP contribution in [0.2, 0.25) is 0 Å². The number of nitrogens with zero attached hydrogens (tertiary/aromatic N) is 2. The number of benzene rings is 1. The summed E-state index contributed by atoms with van der Waals surface area (Å²) in [7, 11) is 0. The zero-order valence-electron chi connectivity index (χ0n) is 9.97. The van der Waals surface area contributed by atoms with Crippen molar-refractivity contribution in [2.75, 3.05) is 0 Å². The Bertz CT molecular complexity index is 596. The summed E-state index contributed by atoms with van der Waals surface area (Å²) in [5.41, 5.74) is 0.972. The summed E-state index contributed by atoms with van der Waals surface area (Å²) < 4.78 is 2.06. The fourth-order valence-electron chi connectivity index (χ4n) is 2.01. The number of rotatable bonds is 1. The molecule has 1 heterocycles. The summed E-state index contributed by atoms with van der Waals surface area (Å²) in [5, 5.41) is 12.4. The van der Waals surface area contributed by atoms with Gasteiger partial charge in [-0.2, -0.15) is 0 Å². The largest absolute Gasteiger partial charge is 0.331 e. The van der Waals surface area contributed by atoms with Gasteiger partial charge in [-0.15, -0.1) is 12.6 Å². The summed E-state index contributed by atoms with van der Waals surface area (Å²) in [6, 6.07) is 6.74. The number of aromatic nitrogens is 1. The molecule has 1 aromatic carbocycles. The van der Waals surface area contributed by atoms with Gasteiger partial charge < -0.3 is 4.57 Å². The van der Waals surface area contributed by atoms with Crippen molar-refractivity contribution in [1.29, 1.82) is 0 Å². The molecule has 0 amide bonds. The number of hydrogen-bond donors (Lipinski definition) is 1. The highest BCUT2D eigenvalue weighted by molar-refractivity contribution is 7.80. The van der Waals surface area contributed by atoms with Gasteiger partial charge in [0.25, 0.3) is 5.69 Å². The van der Waals surface area contributed by atoms with E-state index in [2.05, 4.69) is 38.0 Å². The third kappa shape index (κ3) is 2.02. The van der Waals surface area contributed by atoms with Crippen LogP contribution in [-0.2, 0) is 5.54 Å². The monoisotopic (exact) mass is 250 g/mol. The van der Waals surface area contributed by atoms with Gasteiger partial charge in [-0.05, 0) is 32.9 Å². The lowest BCUT2D eigenvalue weighted by Crippen LogP contribution is -2.21. The van der Waals surface area contributed by atoms with Gasteiger partial charge in [-0.25, -0.2) is 0 Å². The maximum Gasteiger partial charge on any atom is 0.270 e. The Balaban J connectivity index is 2.73. The number of non-ortho nitro benzene ring substituents is 1. The Morgan fingerprint density at radius 1 is 1.29 bits per heavy atom. The van der Waals surface area contributed by atoms with Crippen molar-refractivity contribution < 1.29 is 4.92 Å². The van der Waals surface area contributed by atoms with Crippen LogP contribution in [0.15, 0.2) is 29.3 Å². The standard InChI is InChI=1S/C12H14N2O2S/c1-12(2,3)13-10-5-4-9(14(15)16)6-8(10)7-11(13)17/h4-7,17H,1-3H3. The first-order chi connectivity index (χ1) is 7.80. The van der Waals surface area contributed by atoms with Crippen molar-refractivity contribution in [1.82, 2.24) is 4.57 Å². The summed E-state index contributed by atoms with van der Waals surface area (Å²) >= 11 is 4.43. The molecule has 0 saturated carbocycles. The molecule has 4 nitrogen and oxygen atoms in total. The molecule has 5 heteroatoms. The van der Waals surface area contributed by atoms with Gasteiger partial charge in [0, 0.05) is 28.6 Å². The topological polar surface area (TPSA) is 48.1 Å². The van der Waals surface area contributed by atoms with E-state index in [0.29, 0.717) is 0 Å². The van der Waals surface area contributed by atoms with Crippen molar-refractivity contribution in [2.45, 2.75) is 31.3 Å².